The van der Waals surface area contributed by atoms with Crippen LogP contribution in [0.2, 0.25) is 0 Å². The lowest BCUT2D eigenvalue weighted by molar-refractivity contribution is -0.137. The first-order chi connectivity index (χ1) is 10.7. The molecule has 0 radical (unpaired) electrons. The molecule has 0 aromatic heterocycles. The fourth-order valence-electron chi connectivity index (χ4n) is 2.68. The summed E-state index contributed by atoms with van der Waals surface area (Å²) in [6.07, 6.45) is -2.78. The number of aliphatic hydroxyl groups excluding tert-OH is 1. The fraction of sp³-hybridized carbons (Fsp3) is 0.471. The van der Waals surface area contributed by atoms with Gasteiger partial charge in [0.2, 0.25) is 5.91 Å². The summed E-state index contributed by atoms with van der Waals surface area (Å²) < 4.78 is 38.2. The minimum Gasteiger partial charge on any atom is -0.393 e. The number of carbonyl (C=O) groups is 1. The molecular weight excluding hydrogens is 307 g/mol. The average molecular weight is 327 g/mol. The van der Waals surface area contributed by atoms with Crippen LogP contribution in [0.5, 0.6) is 0 Å². The summed E-state index contributed by atoms with van der Waals surface area (Å²) in [4.78, 5) is 13.8. The molecule has 23 heavy (non-hydrogen) atoms. The number of carbonyl (C=O) groups excluding carboxylic acids is 1. The Balaban J connectivity index is 2.12. The molecule has 0 saturated carbocycles. The molecule has 0 aliphatic carbocycles. The fourth-order valence-corrected chi connectivity index (χ4v) is 2.68. The highest BCUT2D eigenvalue weighted by molar-refractivity contribution is 5.95. The largest absolute Gasteiger partial charge is 0.416 e. The maximum atomic E-state index is 12.7. The van der Waals surface area contributed by atoms with Crippen molar-refractivity contribution < 1.29 is 23.1 Å². The zero-order chi connectivity index (χ0) is 17.2. The lowest BCUT2D eigenvalue weighted by Gasteiger charge is -2.16. The second-order valence-corrected chi connectivity index (χ2v) is 5.98. The van der Waals surface area contributed by atoms with Gasteiger partial charge in [-0.25, -0.2) is 0 Å². The predicted molar refractivity (Wildman–Crippen MR) is 81.5 cm³/mol. The zero-order valence-electron chi connectivity index (χ0n) is 13.1. The van der Waals surface area contributed by atoms with E-state index in [1.807, 2.05) is 0 Å². The number of halogens is 3. The van der Waals surface area contributed by atoms with Gasteiger partial charge in [0.1, 0.15) is 0 Å². The number of likely N-dealkylation sites (tertiary alicyclic amines) is 1. The van der Waals surface area contributed by atoms with Crippen LogP contribution in [0.3, 0.4) is 0 Å². The molecule has 1 heterocycles. The number of benzene rings is 1. The van der Waals surface area contributed by atoms with Gasteiger partial charge in [-0.05, 0) is 43.5 Å². The molecule has 1 aromatic carbocycles. The number of rotatable bonds is 3. The molecule has 0 spiro atoms. The lowest BCUT2D eigenvalue weighted by Crippen LogP contribution is -2.29. The molecule has 6 heteroatoms. The van der Waals surface area contributed by atoms with E-state index in [9.17, 15) is 23.1 Å². The molecule has 1 N–H and O–H groups in total. The van der Waals surface area contributed by atoms with Crippen LogP contribution in [0, 0.1) is 5.92 Å². The van der Waals surface area contributed by atoms with Crippen LogP contribution in [-0.4, -0.2) is 35.1 Å². The predicted octanol–water partition coefficient (Wildman–Crippen LogP) is 3.34. The third-order valence-corrected chi connectivity index (χ3v) is 4.20. The van der Waals surface area contributed by atoms with Crippen molar-refractivity contribution in [3.63, 3.8) is 0 Å². The van der Waals surface area contributed by atoms with Crippen molar-refractivity contribution in [2.24, 2.45) is 5.92 Å². The van der Waals surface area contributed by atoms with Crippen molar-refractivity contribution >= 4 is 11.5 Å². The molecule has 1 aromatic rings. The molecule has 1 saturated heterocycles. The zero-order valence-corrected chi connectivity index (χ0v) is 13.1. The van der Waals surface area contributed by atoms with Crippen LogP contribution in [0.4, 0.5) is 13.2 Å². The SMILES string of the molecule is C/C(=C/C(=O)N1CCC(C(C)O)C1)c1cccc(C(F)(F)F)c1. The van der Waals surface area contributed by atoms with Crippen molar-refractivity contribution in [1.29, 1.82) is 0 Å². The van der Waals surface area contributed by atoms with Crippen LogP contribution >= 0.6 is 0 Å². The summed E-state index contributed by atoms with van der Waals surface area (Å²) in [6.45, 7) is 4.35. The third-order valence-electron chi connectivity index (χ3n) is 4.20. The number of aliphatic hydroxyl groups is 1. The Morgan fingerprint density at radius 3 is 2.70 bits per heavy atom. The van der Waals surface area contributed by atoms with Crippen molar-refractivity contribution in [3.8, 4) is 0 Å². The van der Waals surface area contributed by atoms with Crippen LogP contribution in [0.15, 0.2) is 30.3 Å². The van der Waals surface area contributed by atoms with E-state index in [1.54, 1.807) is 24.8 Å². The van der Waals surface area contributed by atoms with Crippen LogP contribution in [0.25, 0.3) is 5.57 Å². The van der Waals surface area contributed by atoms with E-state index >= 15 is 0 Å². The summed E-state index contributed by atoms with van der Waals surface area (Å²) in [7, 11) is 0. The molecule has 1 amide bonds. The van der Waals surface area contributed by atoms with Gasteiger partial charge in [0.15, 0.2) is 0 Å². The maximum Gasteiger partial charge on any atom is 0.416 e. The number of nitrogens with zero attached hydrogens (tertiary/aromatic N) is 1. The van der Waals surface area contributed by atoms with Crippen molar-refractivity contribution in [2.75, 3.05) is 13.1 Å². The van der Waals surface area contributed by atoms with Crippen LogP contribution < -0.4 is 0 Å². The number of alkyl halides is 3. The van der Waals surface area contributed by atoms with Gasteiger partial charge in [0.25, 0.3) is 0 Å². The van der Waals surface area contributed by atoms with E-state index in [1.165, 1.54) is 12.1 Å². The number of hydrogen-bond donors (Lipinski definition) is 1. The topological polar surface area (TPSA) is 40.5 Å². The molecule has 1 aliphatic rings. The highest BCUT2D eigenvalue weighted by atomic mass is 19.4. The summed E-state index contributed by atoms with van der Waals surface area (Å²) in [5.41, 5.74) is 0.131. The van der Waals surface area contributed by atoms with Gasteiger partial charge in [0.05, 0.1) is 11.7 Å². The molecule has 0 bridgehead atoms. The first-order valence-corrected chi connectivity index (χ1v) is 7.51. The van der Waals surface area contributed by atoms with E-state index in [0.29, 0.717) is 24.2 Å². The minimum atomic E-state index is -4.40. The van der Waals surface area contributed by atoms with E-state index < -0.39 is 17.8 Å². The highest BCUT2D eigenvalue weighted by Crippen LogP contribution is 2.31. The second-order valence-electron chi connectivity index (χ2n) is 5.98. The van der Waals surface area contributed by atoms with Gasteiger partial charge < -0.3 is 10.0 Å². The van der Waals surface area contributed by atoms with Gasteiger partial charge in [-0.2, -0.15) is 13.2 Å². The molecule has 3 nitrogen and oxygen atoms in total. The van der Waals surface area contributed by atoms with Crippen LogP contribution in [-0.2, 0) is 11.0 Å². The average Bonchev–Trinajstić information content (AvgIpc) is 2.96. The van der Waals surface area contributed by atoms with Crippen molar-refractivity contribution in [3.05, 3.63) is 41.5 Å². The van der Waals surface area contributed by atoms with E-state index in [4.69, 9.17) is 0 Å². The Morgan fingerprint density at radius 1 is 1.43 bits per heavy atom. The van der Waals surface area contributed by atoms with Crippen molar-refractivity contribution in [1.82, 2.24) is 4.90 Å². The van der Waals surface area contributed by atoms with Gasteiger partial charge in [-0.3, -0.25) is 4.79 Å². The summed E-state index contributed by atoms with van der Waals surface area (Å²) in [6, 6.07) is 4.93. The summed E-state index contributed by atoms with van der Waals surface area (Å²) in [5, 5.41) is 9.56. The Hall–Kier alpha value is -1.82. The second kappa shape index (κ2) is 6.74. The first kappa shape index (κ1) is 17.5. The van der Waals surface area contributed by atoms with Gasteiger partial charge in [-0.1, -0.05) is 12.1 Å². The number of allylic oxidation sites excluding steroid dienone is 1. The smallest absolute Gasteiger partial charge is 0.393 e. The number of hydrogen-bond acceptors (Lipinski definition) is 2. The monoisotopic (exact) mass is 327 g/mol. The van der Waals surface area contributed by atoms with E-state index in [-0.39, 0.29) is 11.8 Å². The Labute approximate surface area is 133 Å². The minimum absolute atomic E-state index is 0.0567. The van der Waals surface area contributed by atoms with E-state index in [2.05, 4.69) is 0 Å². The Bertz CT molecular complexity index is 608. The molecule has 2 unspecified atom stereocenters. The first-order valence-electron chi connectivity index (χ1n) is 7.51. The number of amides is 1. The highest BCUT2D eigenvalue weighted by Gasteiger charge is 2.31. The Morgan fingerprint density at radius 2 is 2.13 bits per heavy atom. The molecule has 1 fully saturated rings. The quantitative estimate of drug-likeness (QED) is 0.865. The molecule has 2 rings (SSSR count). The lowest BCUT2D eigenvalue weighted by atomic mass is 10.0. The Kier molecular flexibility index (Phi) is 5.14. The normalized spacial score (nSPS) is 20.7. The standard InChI is InChI=1S/C17H20F3NO2/c1-11(13-4-3-5-15(9-13)17(18,19)20)8-16(23)21-7-6-14(10-21)12(2)22/h3-5,8-9,12,14,22H,6-7,10H2,1-2H3/b11-8-. The van der Waals surface area contributed by atoms with Gasteiger partial charge >= 0.3 is 6.18 Å². The van der Waals surface area contributed by atoms with Crippen LogP contribution in [0.1, 0.15) is 31.4 Å². The molecule has 1 aliphatic heterocycles. The molecule has 126 valence electrons. The summed E-state index contributed by atoms with van der Waals surface area (Å²) in [5.74, 6) is -0.177. The van der Waals surface area contributed by atoms with E-state index in [0.717, 1.165) is 18.6 Å². The summed E-state index contributed by atoms with van der Waals surface area (Å²) >= 11 is 0. The third kappa shape index (κ3) is 4.34. The van der Waals surface area contributed by atoms with Gasteiger partial charge in [-0.15, -0.1) is 0 Å². The molecule has 2 atom stereocenters. The van der Waals surface area contributed by atoms with Crippen molar-refractivity contribution in [2.45, 2.75) is 32.5 Å². The molecular formula is C17H20F3NO2. The maximum absolute atomic E-state index is 12.7. The van der Waals surface area contributed by atoms with Gasteiger partial charge in [0, 0.05) is 25.1 Å².